The third kappa shape index (κ3) is 7.75. The largest absolute Gasteiger partial charge is 0.340 e. The molecule has 0 radical (unpaired) electrons. The number of nitrogens with zero attached hydrogens (tertiary/aromatic N) is 6. The van der Waals surface area contributed by atoms with Crippen molar-refractivity contribution in [2.24, 2.45) is 16.8 Å². The highest BCUT2D eigenvalue weighted by Crippen LogP contribution is 2.35. The van der Waals surface area contributed by atoms with Crippen molar-refractivity contribution in [3.8, 4) is 22.4 Å². The number of carbonyl (C=O) groups is 4. The monoisotopic (exact) mass is 787 g/mol. The third-order valence-electron chi connectivity index (χ3n) is 12.6. The minimum Gasteiger partial charge on any atom is -0.340 e. The molecule has 306 valence electrons. The SMILES string of the molecule is CC(C)[C@@H](C(=O)N1CCC[C@H]1C1=NC=C(c2ccc(-c3ccc(-c4cnc([C@@H]5CCCN5C(=O)[C@H](C(C)C)N5CCCNC5=O)[nH]4)cc3)cc2)C1)N1CCCNC1=O. The zero-order valence-electron chi connectivity index (χ0n) is 34.2. The molecule has 3 aromatic rings. The van der Waals surface area contributed by atoms with Crippen molar-refractivity contribution in [2.75, 3.05) is 39.3 Å². The van der Waals surface area contributed by atoms with E-state index in [-0.39, 0.29) is 47.8 Å². The van der Waals surface area contributed by atoms with Gasteiger partial charge in [0.05, 0.1) is 24.0 Å². The van der Waals surface area contributed by atoms with Gasteiger partial charge in [0.2, 0.25) is 11.8 Å². The number of imidazole rings is 1. The molecule has 13 heteroatoms. The van der Waals surface area contributed by atoms with Crippen LogP contribution in [0.4, 0.5) is 9.59 Å². The number of allylic oxidation sites excluding steroid dienone is 1. The van der Waals surface area contributed by atoms with E-state index in [1.54, 1.807) is 9.80 Å². The molecule has 6 heterocycles. The van der Waals surface area contributed by atoms with Gasteiger partial charge in [-0.2, -0.15) is 0 Å². The summed E-state index contributed by atoms with van der Waals surface area (Å²) in [5, 5.41) is 5.82. The summed E-state index contributed by atoms with van der Waals surface area (Å²) in [6.45, 7) is 11.9. The number of urea groups is 2. The first kappa shape index (κ1) is 39.4. The zero-order chi connectivity index (χ0) is 40.5. The van der Waals surface area contributed by atoms with Crippen LogP contribution in [0.2, 0.25) is 0 Å². The lowest BCUT2D eigenvalue weighted by Gasteiger charge is -2.39. The fourth-order valence-electron chi connectivity index (χ4n) is 9.61. The molecule has 13 nitrogen and oxygen atoms in total. The van der Waals surface area contributed by atoms with Crippen LogP contribution in [0.15, 0.2) is 65.9 Å². The number of hydrogen-bond donors (Lipinski definition) is 3. The highest BCUT2D eigenvalue weighted by Gasteiger charge is 2.43. The Bertz CT molecular complexity index is 2070. The number of nitrogens with one attached hydrogen (secondary N) is 3. The van der Waals surface area contributed by atoms with E-state index in [1.807, 2.05) is 49.9 Å². The Morgan fingerprint density at radius 1 is 0.655 bits per heavy atom. The predicted molar refractivity (Wildman–Crippen MR) is 225 cm³/mol. The van der Waals surface area contributed by atoms with Crippen LogP contribution in [0.25, 0.3) is 28.0 Å². The van der Waals surface area contributed by atoms with E-state index >= 15 is 0 Å². The van der Waals surface area contributed by atoms with Gasteiger partial charge in [0.15, 0.2) is 0 Å². The molecule has 0 unspecified atom stereocenters. The van der Waals surface area contributed by atoms with Gasteiger partial charge in [-0.25, -0.2) is 14.6 Å². The number of aromatic amines is 1. The number of aliphatic imine (C=N–C) groups is 1. The number of H-pyrrole nitrogens is 1. The van der Waals surface area contributed by atoms with Crippen LogP contribution < -0.4 is 10.6 Å². The summed E-state index contributed by atoms with van der Waals surface area (Å²) in [5.74, 6) is 0.804. The number of likely N-dealkylation sites (tertiary alicyclic amines) is 2. The summed E-state index contributed by atoms with van der Waals surface area (Å²) in [5.41, 5.74) is 7.39. The molecule has 58 heavy (non-hydrogen) atoms. The smallest absolute Gasteiger partial charge is 0.318 e. The fourth-order valence-corrected chi connectivity index (χ4v) is 9.61. The van der Waals surface area contributed by atoms with Crippen molar-refractivity contribution in [3.63, 3.8) is 0 Å². The van der Waals surface area contributed by atoms with Crippen molar-refractivity contribution in [1.29, 1.82) is 0 Å². The Morgan fingerprint density at radius 2 is 1.16 bits per heavy atom. The molecule has 5 aliphatic rings. The standard InChI is InChI=1S/C45H57N9O4/c1-28(2)39(53-23-7-19-46-44(53)57)42(55)51-21-5-9-37(51)35-25-34(26-48-35)32-13-11-30(12-14-32)31-15-17-33(18-16-31)36-27-49-41(50-36)38-10-6-22-52(38)43(56)40(29(3)4)54-24-8-20-47-45(54)58/h11-18,26-29,37-40H,5-10,19-25H2,1-4H3,(H,46,57)(H,47,58)(H,49,50)/t37-,38-,39-,40-/m0/s1. The van der Waals surface area contributed by atoms with Gasteiger partial charge in [0.1, 0.15) is 17.9 Å². The lowest BCUT2D eigenvalue weighted by atomic mass is 9.95. The van der Waals surface area contributed by atoms with Crippen molar-refractivity contribution in [3.05, 3.63) is 72.3 Å². The van der Waals surface area contributed by atoms with Crippen LogP contribution >= 0.6 is 0 Å². The normalized spacial score (nSPS) is 22.3. The molecule has 6 amide bonds. The molecule has 0 saturated carbocycles. The van der Waals surface area contributed by atoms with Crippen molar-refractivity contribution in [2.45, 2.75) is 96.8 Å². The van der Waals surface area contributed by atoms with Crippen molar-refractivity contribution < 1.29 is 19.2 Å². The van der Waals surface area contributed by atoms with Gasteiger partial charge in [-0.15, -0.1) is 0 Å². The summed E-state index contributed by atoms with van der Waals surface area (Å²) in [6, 6.07) is 15.5. The molecule has 1 aromatic heterocycles. The Morgan fingerprint density at radius 3 is 1.69 bits per heavy atom. The molecule has 8 rings (SSSR count). The number of hydrogen-bond acceptors (Lipinski definition) is 6. The fraction of sp³-hybridized carbons (Fsp3) is 0.511. The molecule has 0 spiro atoms. The zero-order valence-corrected chi connectivity index (χ0v) is 34.2. The van der Waals surface area contributed by atoms with Crippen LogP contribution in [-0.2, 0) is 9.59 Å². The van der Waals surface area contributed by atoms with E-state index in [2.05, 4.69) is 64.1 Å². The van der Waals surface area contributed by atoms with Gasteiger partial charge in [0.25, 0.3) is 0 Å². The maximum Gasteiger partial charge on any atom is 0.318 e. The van der Waals surface area contributed by atoms with E-state index in [1.165, 1.54) is 0 Å². The quantitative estimate of drug-likeness (QED) is 0.204. The minimum atomic E-state index is -0.502. The summed E-state index contributed by atoms with van der Waals surface area (Å²) < 4.78 is 0. The number of benzene rings is 2. The highest BCUT2D eigenvalue weighted by molar-refractivity contribution is 6.04. The minimum absolute atomic E-state index is 0.00616. The second-order valence-corrected chi connectivity index (χ2v) is 17.1. The lowest BCUT2D eigenvalue weighted by Crippen LogP contribution is -2.59. The number of carbonyl (C=O) groups excluding carboxylic acids is 4. The molecular formula is C45H57N9O4. The van der Waals surface area contributed by atoms with E-state index in [4.69, 9.17) is 9.98 Å². The Hall–Kier alpha value is -5.46. The van der Waals surface area contributed by atoms with E-state index in [9.17, 15) is 19.2 Å². The van der Waals surface area contributed by atoms with Crippen LogP contribution in [0.5, 0.6) is 0 Å². The number of rotatable bonds is 11. The average Bonchev–Trinajstić information content (AvgIpc) is 4.06. The van der Waals surface area contributed by atoms with E-state index < -0.39 is 12.1 Å². The molecule has 4 saturated heterocycles. The first-order valence-corrected chi connectivity index (χ1v) is 21.3. The molecule has 0 aliphatic carbocycles. The van der Waals surface area contributed by atoms with Gasteiger partial charge in [-0.1, -0.05) is 76.2 Å². The van der Waals surface area contributed by atoms with Gasteiger partial charge in [-0.05, 0) is 78.2 Å². The molecule has 0 bridgehead atoms. The first-order chi connectivity index (χ1) is 28.1. The van der Waals surface area contributed by atoms with E-state index in [0.29, 0.717) is 45.7 Å². The van der Waals surface area contributed by atoms with Crippen LogP contribution in [0, 0.1) is 11.8 Å². The predicted octanol–water partition coefficient (Wildman–Crippen LogP) is 6.46. The highest BCUT2D eigenvalue weighted by atomic mass is 16.2. The van der Waals surface area contributed by atoms with Gasteiger partial charge >= 0.3 is 12.1 Å². The topological polar surface area (TPSA) is 146 Å². The average molecular weight is 788 g/mol. The molecule has 2 aromatic carbocycles. The maximum absolute atomic E-state index is 14.0. The molecule has 3 N–H and O–H groups in total. The number of amides is 6. The maximum atomic E-state index is 14.0. The van der Waals surface area contributed by atoms with Gasteiger partial charge < -0.3 is 35.2 Å². The second-order valence-electron chi connectivity index (χ2n) is 17.1. The molecular weight excluding hydrogens is 731 g/mol. The Labute approximate surface area is 341 Å². The summed E-state index contributed by atoms with van der Waals surface area (Å²) >= 11 is 0. The number of aromatic nitrogens is 2. The van der Waals surface area contributed by atoms with Gasteiger partial charge in [0, 0.05) is 57.6 Å². The first-order valence-electron chi connectivity index (χ1n) is 21.3. The van der Waals surface area contributed by atoms with Crippen LogP contribution in [0.3, 0.4) is 0 Å². The van der Waals surface area contributed by atoms with Crippen molar-refractivity contribution in [1.82, 2.24) is 40.2 Å². The Balaban J connectivity index is 0.891. The third-order valence-corrected chi connectivity index (χ3v) is 12.6. The lowest BCUT2D eigenvalue weighted by molar-refractivity contribution is -0.139. The van der Waals surface area contributed by atoms with Crippen molar-refractivity contribution >= 4 is 35.2 Å². The molecule has 4 fully saturated rings. The summed E-state index contributed by atoms with van der Waals surface area (Å²) in [7, 11) is 0. The molecule has 4 atom stereocenters. The Kier molecular flexibility index (Phi) is 11.4. The molecule has 5 aliphatic heterocycles. The summed E-state index contributed by atoms with van der Waals surface area (Å²) in [4.78, 5) is 73.9. The second kappa shape index (κ2) is 16.8. The van der Waals surface area contributed by atoms with E-state index in [0.717, 1.165) is 83.6 Å². The summed E-state index contributed by atoms with van der Waals surface area (Å²) in [6.07, 6.45) is 9.70. The van der Waals surface area contributed by atoms with Crippen LogP contribution in [0.1, 0.15) is 90.1 Å². The van der Waals surface area contributed by atoms with Gasteiger partial charge in [-0.3, -0.25) is 14.6 Å². The van der Waals surface area contributed by atoms with Crippen LogP contribution in [-0.4, -0.2) is 117 Å².